The Bertz CT molecular complexity index is 856. The normalized spacial score (nSPS) is 16.9. The SMILES string of the molecule is CC1=C(C(=O)NCc2cncn2CC(C)C)C(c2cccnc2)NC(=O)N1. The van der Waals surface area contributed by atoms with E-state index in [0.717, 1.165) is 17.8 Å². The minimum Gasteiger partial charge on any atom is -0.347 e. The third-order valence-corrected chi connectivity index (χ3v) is 4.32. The van der Waals surface area contributed by atoms with Crippen LogP contribution in [0.3, 0.4) is 0 Å². The number of pyridine rings is 1. The van der Waals surface area contributed by atoms with Gasteiger partial charge in [-0.2, -0.15) is 0 Å². The Morgan fingerprint density at radius 3 is 2.85 bits per heavy atom. The number of rotatable bonds is 6. The average molecular weight is 368 g/mol. The highest BCUT2D eigenvalue weighted by atomic mass is 16.2. The zero-order chi connectivity index (χ0) is 19.4. The van der Waals surface area contributed by atoms with E-state index in [1.807, 2.05) is 10.6 Å². The van der Waals surface area contributed by atoms with Gasteiger partial charge in [0.1, 0.15) is 0 Å². The van der Waals surface area contributed by atoms with Gasteiger partial charge in [-0.15, -0.1) is 0 Å². The molecule has 27 heavy (non-hydrogen) atoms. The average Bonchev–Trinajstić information content (AvgIpc) is 3.06. The maximum absolute atomic E-state index is 12.9. The van der Waals surface area contributed by atoms with Crippen LogP contribution in [0.25, 0.3) is 0 Å². The molecular weight excluding hydrogens is 344 g/mol. The number of urea groups is 1. The number of hydrogen-bond donors (Lipinski definition) is 3. The van der Waals surface area contributed by atoms with Crippen molar-refractivity contribution in [2.75, 3.05) is 0 Å². The number of aromatic nitrogens is 3. The summed E-state index contributed by atoms with van der Waals surface area (Å²) in [6, 6.07) is 2.72. The highest BCUT2D eigenvalue weighted by Crippen LogP contribution is 2.26. The van der Waals surface area contributed by atoms with Crippen molar-refractivity contribution < 1.29 is 9.59 Å². The van der Waals surface area contributed by atoms with Crippen molar-refractivity contribution in [3.63, 3.8) is 0 Å². The second kappa shape index (κ2) is 8.03. The first-order chi connectivity index (χ1) is 13.0. The first-order valence-electron chi connectivity index (χ1n) is 8.91. The van der Waals surface area contributed by atoms with Crippen LogP contribution in [0, 0.1) is 5.92 Å². The Labute approximate surface area is 158 Å². The Balaban J connectivity index is 1.78. The monoisotopic (exact) mass is 368 g/mol. The van der Waals surface area contributed by atoms with Crippen molar-refractivity contribution >= 4 is 11.9 Å². The summed E-state index contributed by atoms with van der Waals surface area (Å²) < 4.78 is 2.03. The Kier molecular flexibility index (Phi) is 5.54. The van der Waals surface area contributed by atoms with E-state index in [1.54, 1.807) is 37.9 Å². The van der Waals surface area contributed by atoms with Gasteiger partial charge in [-0.25, -0.2) is 9.78 Å². The van der Waals surface area contributed by atoms with E-state index in [4.69, 9.17) is 0 Å². The van der Waals surface area contributed by atoms with Gasteiger partial charge in [0.15, 0.2) is 0 Å². The number of nitrogens with one attached hydrogen (secondary N) is 3. The van der Waals surface area contributed by atoms with Crippen LogP contribution in [0.5, 0.6) is 0 Å². The van der Waals surface area contributed by atoms with Crippen LogP contribution in [0.2, 0.25) is 0 Å². The number of carbonyl (C=O) groups excluding carboxylic acids is 2. The van der Waals surface area contributed by atoms with Crippen LogP contribution in [0.1, 0.15) is 38.1 Å². The Morgan fingerprint density at radius 2 is 2.15 bits per heavy atom. The lowest BCUT2D eigenvalue weighted by atomic mass is 9.96. The van der Waals surface area contributed by atoms with E-state index in [2.05, 4.69) is 39.8 Å². The van der Waals surface area contributed by atoms with E-state index in [-0.39, 0.29) is 11.9 Å². The molecule has 2 aromatic rings. The standard InChI is InChI=1S/C19H24N6O2/c1-12(2)10-25-11-21-8-15(25)9-22-18(26)16-13(3)23-19(27)24-17(16)14-5-4-6-20-7-14/h4-8,11-12,17H,9-10H2,1-3H3,(H,22,26)(H2,23,24,27). The van der Waals surface area contributed by atoms with Crippen molar-refractivity contribution in [1.29, 1.82) is 0 Å². The molecule has 0 saturated carbocycles. The molecule has 0 spiro atoms. The molecule has 0 saturated heterocycles. The number of allylic oxidation sites excluding steroid dienone is 1. The Hall–Kier alpha value is -3.16. The molecule has 0 fully saturated rings. The first-order valence-corrected chi connectivity index (χ1v) is 8.91. The molecule has 8 heteroatoms. The fourth-order valence-corrected chi connectivity index (χ4v) is 3.11. The van der Waals surface area contributed by atoms with Crippen LogP contribution in [-0.4, -0.2) is 26.5 Å². The maximum atomic E-state index is 12.9. The molecule has 3 N–H and O–H groups in total. The third-order valence-electron chi connectivity index (χ3n) is 4.32. The summed E-state index contributed by atoms with van der Waals surface area (Å²) in [6.07, 6.45) is 6.82. The minimum atomic E-state index is -0.548. The molecule has 3 amide bonds. The van der Waals surface area contributed by atoms with Crippen LogP contribution in [0.15, 0.2) is 48.3 Å². The van der Waals surface area contributed by atoms with Gasteiger partial charge in [0, 0.05) is 30.8 Å². The fraction of sp³-hybridized carbons (Fsp3) is 0.368. The summed E-state index contributed by atoms with van der Waals surface area (Å²) in [5.41, 5.74) is 2.68. The van der Waals surface area contributed by atoms with Crippen LogP contribution in [-0.2, 0) is 17.9 Å². The zero-order valence-corrected chi connectivity index (χ0v) is 15.7. The molecule has 0 radical (unpaired) electrons. The van der Waals surface area contributed by atoms with Gasteiger partial charge in [-0.05, 0) is 24.5 Å². The molecule has 3 rings (SSSR count). The number of hydrogen-bond acceptors (Lipinski definition) is 4. The van der Waals surface area contributed by atoms with E-state index in [0.29, 0.717) is 23.7 Å². The molecule has 142 valence electrons. The molecule has 2 aromatic heterocycles. The van der Waals surface area contributed by atoms with Crippen LogP contribution >= 0.6 is 0 Å². The van der Waals surface area contributed by atoms with Gasteiger partial charge in [0.25, 0.3) is 5.91 Å². The number of nitrogens with zero attached hydrogens (tertiary/aromatic N) is 3. The largest absolute Gasteiger partial charge is 0.347 e. The van der Waals surface area contributed by atoms with Crippen LogP contribution < -0.4 is 16.0 Å². The summed E-state index contributed by atoms with van der Waals surface area (Å²) in [6.45, 7) is 7.18. The molecule has 1 atom stereocenters. The number of imidazole rings is 1. The summed E-state index contributed by atoms with van der Waals surface area (Å²) in [5.74, 6) is 0.234. The molecule has 1 aliphatic heterocycles. The summed E-state index contributed by atoms with van der Waals surface area (Å²) in [7, 11) is 0. The van der Waals surface area contributed by atoms with Crippen molar-refractivity contribution in [2.24, 2.45) is 5.92 Å². The summed E-state index contributed by atoms with van der Waals surface area (Å²) in [5, 5.41) is 8.41. The van der Waals surface area contributed by atoms with E-state index in [1.165, 1.54) is 0 Å². The third kappa shape index (κ3) is 4.33. The van der Waals surface area contributed by atoms with Gasteiger partial charge >= 0.3 is 6.03 Å². The lowest BCUT2D eigenvalue weighted by Crippen LogP contribution is -2.47. The quantitative estimate of drug-likeness (QED) is 0.725. The first kappa shape index (κ1) is 18.6. The molecule has 8 nitrogen and oxygen atoms in total. The minimum absolute atomic E-state index is 0.244. The molecule has 1 aliphatic rings. The predicted octanol–water partition coefficient (Wildman–Crippen LogP) is 1.88. The maximum Gasteiger partial charge on any atom is 0.319 e. The predicted molar refractivity (Wildman–Crippen MR) is 100 cm³/mol. The number of carbonyl (C=O) groups is 2. The van der Waals surface area contributed by atoms with E-state index < -0.39 is 6.04 Å². The van der Waals surface area contributed by atoms with E-state index >= 15 is 0 Å². The summed E-state index contributed by atoms with van der Waals surface area (Å²) in [4.78, 5) is 33.1. The lowest BCUT2D eigenvalue weighted by molar-refractivity contribution is -0.118. The van der Waals surface area contributed by atoms with Gasteiger partial charge < -0.3 is 20.5 Å². The van der Waals surface area contributed by atoms with Gasteiger partial charge in [-0.3, -0.25) is 9.78 Å². The summed E-state index contributed by atoms with van der Waals surface area (Å²) >= 11 is 0. The molecule has 3 heterocycles. The van der Waals surface area contributed by atoms with Gasteiger partial charge in [0.2, 0.25) is 0 Å². The van der Waals surface area contributed by atoms with E-state index in [9.17, 15) is 9.59 Å². The fourth-order valence-electron chi connectivity index (χ4n) is 3.11. The van der Waals surface area contributed by atoms with Crippen molar-refractivity contribution in [3.05, 3.63) is 59.6 Å². The Morgan fingerprint density at radius 1 is 1.33 bits per heavy atom. The van der Waals surface area contributed by atoms with Crippen molar-refractivity contribution in [2.45, 2.75) is 39.9 Å². The second-order valence-electron chi connectivity index (χ2n) is 6.97. The molecular formula is C19H24N6O2. The molecule has 0 aliphatic carbocycles. The number of amides is 3. The zero-order valence-electron chi connectivity index (χ0n) is 15.7. The molecule has 0 aromatic carbocycles. The smallest absolute Gasteiger partial charge is 0.319 e. The van der Waals surface area contributed by atoms with Crippen LogP contribution in [0.4, 0.5) is 4.79 Å². The highest BCUT2D eigenvalue weighted by molar-refractivity contribution is 5.98. The highest BCUT2D eigenvalue weighted by Gasteiger charge is 2.31. The molecule has 1 unspecified atom stereocenters. The molecule has 0 bridgehead atoms. The van der Waals surface area contributed by atoms with Gasteiger partial charge in [0.05, 0.1) is 30.2 Å². The van der Waals surface area contributed by atoms with Crippen molar-refractivity contribution in [1.82, 2.24) is 30.5 Å². The lowest BCUT2D eigenvalue weighted by Gasteiger charge is -2.28. The van der Waals surface area contributed by atoms with Crippen molar-refractivity contribution in [3.8, 4) is 0 Å². The topological polar surface area (TPSA) is 101 Å². The second-order valence-corrected chi connectivity index (χ2v) is 6.97. The van der Waals surface area contributed by atoms with Gasteiger partial charge in [-0.1, -0.05) is 19.9 Å².